The average molecular weight is 450 g/mol. The van der Waals surface area contributed by atoms with Crippen LogP contribution >= 0.6 is 0 Å². The van der Waals surface area contributed by atoms with Crippen LogP contribution in [-0.4, -0.2) is 47.1 Å². The molecule has 0 spiro atoms. The van der Waals surface area contributed by atoms with Gasteiger partial charge in [-0.05, 0) is 6.92 Å². The van der Waals surface area contributed by atoms with Crippen molar-refractivity contribution in [2.24, 2.45) is 0 Å². The number of nitrogens with zero attached hydrogens (tertiary/aromatic N) is 6. The summed E-state index contributed by atoms with van der Waals surface area (Å²) in [5.74, 6) is -0.0372. The molecule has 33 heavy (non-hydrogen) atoms. The summed E-state index contributed by atoms with van der Waals surface area (Å²) < 4.78 is 5.25. The van der Waals surface area contributed by atoms with Crippen LogP contribution in [0.25, 0.3) is 11.0 Å². The number of fused-ring (bicyclic) bond motifs is 1. The van der Waals surface area contributed by atoms with E-state index in [9.17, 15) is 9.59 Å². The molecule has 4 heterocycles. The number of aromatic amines is 1. The predicted molar refractivity (Wildman–Crippen MR) is 117 cm³/mol. The van der Waals surface area contributed by atoms with E-state index in [4.69, 9.17) is 10.3 Å². The summed E-state index contributed by atoms with van der Waals surface area (Å²) in [6.45, 7) is 7.56. The number of carbonyl (C=O) groups is 2. The Morgan fingerprint density at radius 3 is 2.67 bits per heavy atom. The number of nitrogens with one attached hydrogen (secondary N) is 3. The fourth-order valence-electron chi connectivity index (χ4n) is 2.92. The summed E-state index contributed by atoms with van der Waals surface area (Å²) in [5, 5.41) is 16.2. The van der Waals surface area contributed by atoms with Gasteiger partial charge < -0.3 is 20.9 Å². The fraction of sp³-hybridized carbons (Fsp3) is 0.300. The topological polar surface area (TPSA) is 190 Å². The van der Waals surface area contributed by atoms with Gasteiger partial charge in [0, 0.05) is 11.5 Å². The monoisotopic (exact) mass is 450 g/mol. The molecule has 0 fully saturated rings. The highest BCUT2D eigenvalue weighted by molar-refractivity contribution is 6.04. The number of rotatable bonds is 5. The molecule has 1 atom stereocenters. The molecule has 0 saturated heterocycles. The Balaban J connectivity index is 1.44. The normalized spacial score (nSPS) is 12.5. The van der Waals surface area contributed by atoms with Crippen LogP contribution in [0.1, 0.15) is 66.3 Å². The predicted octanol–water partition coefficient (Wildman–Crippen LogP) is 1.75. The zero-order chi connectivity index (χ0) is 23.8. The Bertz CT molecular complexity index is 1340. The van der Waals surface area contributed by atoms with Crippen molar-refractivity contribution in [3.05, 3.63) is 47.8 Å². The second-order valence-corrected chi connectivity index (χ2v) is 8.36. The summed E-state index contributed by atoms with van der Waals surface area (Å²) in [6, 6.07) is 0.830. The number of hydrogen-bond donors (Lipinski definition) is 4. The quantitative estimate of drug-likeness (QED) is 0.348. The molecule has 13 heteroatoms. The number of nitrogen functional groups attached to an aromatic ring is 1. The molecule has 0 radical (unpaired) electrons. The maximum Gasteiger partial charge on any atom is 0.277 e. The Morgan fingerprint density at radius 1 is 1.15 bits per heavy atom. The molecular formula is C20H22N10O3. The molecule has 0 aliphatic rings. The van der Waals surface area contributed by atoms with Crippen molar-refractivity contribution in [1.82, 2.24) is 40.6 Å². The first-order valence-electron chi connectivity index (χ1n) is 9.99. The molecule has 0 aliphatic carbocycles. The Labute approximate surface area is 187 Å². The van der Waals surface area contributed by atoms with Crippen LogP contribution in [0.5, 0.6) is 0 Å². The van der Waals surface area contributed by atoms with E-state index >= 15 is 0 Å². The maximum absolute atomic E-state index is 12.6. The second-order valence-electron chi connectivity index (χ2n) is 8.36. The van der Waals surface area contributed by atoms with Crippen LogP contribution in [0.2, 0.25) is 0 Å². The molecule has 4 aromatic heterocycles. The maximum atomic E-state index is 12.6. The number of carbonyl (C=O) groups excluding carboxylic acids is 2. The van der Waals surface area contributed by atoms with Gasteiger partial charge in [-0.1, -0.05) is 25.9 Å². The molecule has 5 N–H and O–H groups in total. The van der Waals surface area contributed by atoms with Crippen LogP contribution in [0.15, 0.2) is 29.3 Å². The Kier molecular flexibility index (Phi) is 5.45. The first-order valence-corrected chi connectivity index (χ1v) is 9.99. The lowest BCUT2D eigenvalue weighted by Gasteiger charge is -2.17. The van der Waals surface area contributed by atoms with E-state index in [2.05, 4.69) is 45.9 Å². The van der Waals surface area contributed by atoms with Crippen LogP contribution < -0.4 is 16.4 Å². The van der Waals surface area contributed by atoms with Gasteiger partial charge in [-0.15, -0.1) is 0 Å². The summed E-state index contributed by atoms with van der Waals surface area (Å²) in [6.07, 6.45) is 4.18. The first-order chi connectivity index (χ1) is 15.6. The van der Waals surface area contributed by atoms with Crippen LogP contribution in [0.4, 0.5) is 11.5 Å². The largest absolute Gasteiger partial charge is 0.382 e. The van der Waals surface area contributed by atoms with Gasteiger partial charge in [0.05, 0.1) is 23.8 Å². The lowest BCUT2D eigenvalue weighted by atomic mass is 9.96. The minimum absolute atomic E-state index is 0.00431. The number of anilines is 2. The highest BCUT2D eigenvalue weighted by Crippen LogP contribution is 2.23. The molecule has 0 aliphatic heterocycles. The van der Waals surface area contributed by atoms with Crippen molar-refractivity contribution < 1.29 is 14.1 Å². The lowest BCUT2D eigenvalue weighted by Crippen LogP contribution is -2.27. The van der Waals surface area contributed by atoms with Gasteiger partial charge in [-0.2, -0.15) is 5.10 Å². The Morgan fingerprint density at radius 2 is 1.94 bits per heavy atom. The van der Waals surface area contributed by atoms with E-state index in [1.807, 2.05) is 20.8 Å². The highest BCUT2D eigenvalue weighted by Gasteiger charge is 2.23. The van der Waals surface area contributed by atoms with E-state index in [1.54, 1.807) is 6.92 Å². The van der Waals surface area contributed by atoms with Crippen molar-refractivity contribution in [2.75, 3.05) is 11.1 Å². The summed E-state index contributed by atoms with van der Waals surface area (Å²) >= 11 is 0. The molecule has 13 nitrogen and oxygen atoms in total. The third kappa shape index (κ3) is 4.46. The van der Waals surface area contributed by atoms with E-state index in [0.717, 1.165) is 0 Å². The molecule has 2 amide bonds. The number of aromatic nitrogens is 7. The van der Waals surface area contributed by atoms with Gasteiger partial charge in [-0.25, -0.2) is 19.9 Å². The minimum atomic E-state index is -0.595. The van der Waals surface area contributed by atoms with Gasteiger partial charge >= 0.3 is 0 Å². The molecular weight excluding hydrogens is 428 g/mol. The second kappa shape index (κ2) is 8.26. The fourth-order valence-corrected chi connectivity index (χ4v) is 2.92. The van der Waals surface area contributed by atoms with Gasteiger partial charge in [0.2, 0.25) is 0 Å². The molecule has 4 aromatic rings. The van der Waals surface area contributed by atoms with Crippen molar-refractivity contribution in [2.45, 2.75) is 39.2 Å². The zero-order valence-corrected chi connectivity index (χ0v) is 18.4. The van der Waals surface area contributed by atoms with Crippen molar-refractivity contribution in [3.8, 4) is 0 Å². The van der Waals surface area contributed by atoms with E-state index < -0.39 is 17.9 Å². The van der Waals surface area contributed by atoms with Gasteiger partial charge in [0.25, 0.3) is 11.8 Å². The molecule has 0 aromatic carbocycles. The van der Waals surface area contributed by atoms with E-state index in [1.165, 1.54) is 24.8 Å². The number of H-pyrrole nitrogens is 1. The third-order valence-electron chi connectivity index (χ3n) is 4.74. The van der Waals surface area contributed by atoms with E-state index in [-0.39, 0.29) is 34.1 Å². The third-order valence-corrected chi connectivity index (χ3v) is 4.74. The smallest absolute Gasteiger partial charge is 0.277 e. The molecule has 170 valence electrons. The number of hydrogen-bond acceptors (Lipinski definition) is 10. The van der Waals surface area contributed by atoms with Gasteiger partial charge in [-0.3, -0.25) is 14.7 Å². The van der Waals surface area contributed by atoms with Crippen molar-refractivity contribution in [1.29, 1.82) is 0 Å². The van der Waals surface area contributed by atoms with Crippen LogP contribution in [0, 0.1) is 0 Å². The minimum Gasteiger partial charge on any atom is -0.382 e. The summed E-state index contributed by atoms with van der Waals surface area (Å²) in [4.78, 5) is 41.8. The Hall–Kier alpha value is -4.42. The molecule has 4 rings (SSSR count). The molecule has 0 saturated carbocycles. The zero-order valence-electron chi connectivity index (χ0n) is 18.4. The molecule has 0 bridgehead atoms. The first kappa shape index (κ1) is 21.8. The van der Waals surface area contributed by atoms with Crippen molar-refractivity contribution in [3.63, 3.8) is 0 Å². The SMILES string of the molecule is C[C@@H](NC(=O)c1ncnc2[nH]ncc12)c1cc(C(=O)Nc2cnc(C(C)(C)C)nc2N)no1. The van der Waals surface area contributed by atoms with Crippen molar-refractivity contribution >= 4 is 34.4 Å². The standard InChI is InChI=1S/C20H22N10O3/c1-9(26-18(32)14-10-6-25-29-16(10)24-8-23-14)13-5-11(30-33-13)17(31)27-12-7-22-19(20(2,3)4)28-15(12)21/h5-9H,1-4H3,(H,26,32)(H,27,31)(H2,21,22,28)(H,23,24,25,29)/t9-/m1/s1. The van der Waals surface area contributed by atoms with Crippen LogP contribution in [0.3, 0.4) is 0 Å². The number of amides is 2. The molecule has 0 unspecified atom stereocenters. The summed E-state index contributed by atoms with van der Waals surface area (Å²) in [7, 11) is 0. The number of nitrogens with two attached hydrogens (primary N) is 1. The van der Waals surface area contributed by atoms with Gasteiger partial charge in [0.1, 0.15) is 23.5 Å². The highest BCUT2D eigenvalue weighted by atomic mass is 16.5. The van der Waals surface area contributed by atoms with Crippen LogP contribution in [-0.2, 0) is 5.41 Å². The van der Waals surface area contributed by atoms with Gasteiger partial charge in [0.15, 0.2) is 22.9 Å². The lowest BCUT2D eigenvalue weighted by molar-refractivity contribution is 0.0929. The summed E-state index contributed by atoms with van der Waals surface area (Å²) in [5.41, 5.74) is 6.55. The van der Waals surface area contributed by atoms with E-state index in [0.29, 0.717) is 16.9 Å². The average Bonchev–Trinajstić information content (AvgIpc) is 3.44.